The molecule has 0 aromatic rings. The van der Waals surface area contributed by atoms with Gasteiger partial charge in [0.25, 0.3) is 6.57 Å². The SMILES string of the molecule is C.C.C.C#[N+]C=C(C(F)(F)F)C(F)(F)F.C=NC=C(C(F)(F)F)C(F)(F)F.C=[N+](C)C(F)=C(C(F)(F)F)C(F)(F)F.CC(=C=[N+]1CCOCC1)C(F)(F)F.CC(C(F)(F)F)C(F)(F)N1CCOCC1.CC=N/C(F)=C(\C)C(F)(F)F.FC(=C(C(F)(F)F)C(F)(F)F)N1CCOCC1.FC(=C(C(F)(F)F)C(F)(F)F)N1CCOCC1.FC(F)(F)C(=CN1CC1)C(F)(F)F.O.O.[C-]#C.[C-]#C.[CH3-].[CH3-].[F-].[F-]. The number of hydrogen-bond acceptors (Lipinski definition) is 10. The highest BCUT2D eigenvalue weighted by Crippen LogP contribution is 2.47. The summed E-state index contributed by atoms with van der Waals surface area (Å²) in [6, 6.07) is -3.86. The fraction of sp³-hybridized carbons (Fsp3) is 0.623. The summed E-state index contributed by atoms with van der Waals surface area (Å²) in [7, 11) is 0.632. The molecule has 816 valence electrons. The average Bonchev–Trinajstić information content (AvgIpc) is 1.46. The van der Waals surface area contributed by atoms with Gasteiger partial charge in [-0.15, -0.1) is 4.39 Å². The average molecular weight is 2140 g/mol. The lowest BCUT2D eigenvalue weighted by atomic mass is 10.1. The minimum atomic E-state index is -5.80. The standard InChI is InChI=1S/2C8H8F7NO.C8H12F5NO.C8H11F3NO.C6H5F7N.C6H5F6N.C6H7F4N.C5H3F6N.C5H2F6N.2C2H.3CH4.2CH3.2FH.2H2O/c2*9-6(16-1-3-17-4-2-16)5(7(10,11)12)8(13,14)15;1-6(7(9,10)11)8(12,13)14-2-4-15-5-3-14;1-7(8(9,10)11)6-12-2-4-13-5-3-12;1-14(2)4(7)3(5(8,9)10)6(11,12)13;7-5(8,9)4(6(10,11)12)3-13-1-2-13;1-3-11-5(7)4(2)6(8,9)10;2*1-12-2-3(4(6,7)8)5(9,10)11;2*1-2;;;;;;;;;/h2*1-4H2;6H,2-5H2,1H3;2-5H2,1H3;1H2,2H3;3H,1-2H2;3H,1-2H3;2H,1H2;1-2H;2*1H;3*1H4;2*1H3;2*1H;2*1H2/q;;;2*+1;;;;+1;2*-1;;;;2*-1;;;;/p-2/b;;;;;;5-4+,11-3?;;;;;;;;;;;;;. The zero-order valence-electron chi connectivity index (χ0n) is 68.0. The fourth-order valence-corrected chi connectivity index (χ4v) is 7.30. The molecule has 5 aliphatic rings. The maximum absolute atomic E-state index is 13.3. The summed E-state index contributed by atoms with van der Waals surface area (Å²) >= 11 is 0. The molecule has 0 amide bonds. The predicted molar refractivity (Wildman–Crippen MR) is 383 cm³/mol. The second-order valence-corrected chi connectivity index (χ2v) is 22.9. The van der Waals surface area contributed by atoms with Crippen LogP contribution in [-0.4, -0.2) is 289 Å². The second-order valence-electron chi connectivity index (χ2n) is 22.9. The first-order valence-electron chi connectivity index (χ1n) is 32.2. The molecule has 15 nitrogen and oxygen atoms in total. The van der Waals surface area contributed by atoms with Crippen LogP contribution in [0.5, 0.6) is 0 Å². The minimum absolute atomic E-state index is 0. The van der Waals surface area contributed by atoms with Crippen molar-refractivity contribution in [3.8, 4) is 19.4 Å². The summed E-state index contributed by atoms with van der Waals surface area (Å²) in [6.45, 7) is 13.0. The number of aliphatic imine (C=N–C) groups is 2. The van der Waals surface area contributed by atoms with Crippen LogP contribution in [0, 0.1) is 53.0 Å². The minimum Gasteiger partial charge on any atom is -1.00 e. The van der Waals surface area contributed by atoms with Gasteiger partial charge in [-0.05, 0) is 39.3 Å². The molecule has 5 rings (SSSR count). The summed E-state index contributed by atoms with van der Waals surface area (Å²) in [5, 5.41) is 0. The number of alkyl halides is 47. The van der Waals surface area contributed by atoms with Crippen LogP contribution in [0.15, 0.2) is 97.0 Å². The molecular weight excluding hydrogens is 2060 g/mol. The van der Waals surface area contributed by atoms with Crippen molar-refractivity contribution in [2.75, 3.05) is 125 Å². The lowest BCUT2D eigenvalue weighted by molar-refractivity contribution is -0.543. The zero-order chi connectivity index (χ0) is 103. The highest BCUT2D eigenvalue weighted by Gasteiger charge is 2.61. The Labute approximate surface area is 745 Å². The van der Waals surface area contributed by atoms with Crippen molar-refractivity contribution in [1.82, 2.24) is 19.6 Å². The van der Waals surface area contributed by atoms with Gasteiger partial charge >= 0.3 is 111 Å². The van der Waals surface area contributed by atoms with Crippen molar-refractivity contribution in [1.29, 1.82) is 0 Å². The monoisotopic (exact) mass is 2140 g/mol. The summed E-state index contributed by atoms with van der Waals surface area (Å²) in [6.07, 6.45) is -62.8. The molecule has 0 aliphatic carbocycles. The largest absolute Gasteiger partial charge is 1.00 e. The van der Waals surface area contributed by atoms with E-state index in [0.29, 0.717) is 61.9 Å². The molecule has 5 aliphatic heterocycles. The van der Waals surface area contributed by atoms with E-state index in [1.54, 1.807) is 0 Å². The van der Waals surface area contributed by atoms with E-state index in [1.807, 2.05) is 0 Å². The number of morpholine rings is 4. The Morgan fingerprint density at radius 1 is 0.431 bits per heavy atom. The summed E-state index contributed by atoms with van der Waals surface area (Å²) in [4.78, 5) is 9.66. The number of ether oxygens (including phenoxy) is 4. The van der Waals surface area contributed by atoms with Crippen molar-refractivity contribution >= 4 is 25.5 Å². The zero-order valence-corrected chi connectivity index (χ0v) is 68.0. The molecule has 137 heavy (non-hydrogen) atoms. The Kier molecular flexibility index (Phi) is 78.1. The first-order chi connectivity index (χ1) is 57.0. The summed E-state index contributed by atoms with van der Waals surface area (Å²) in [5.41, 5.74) is -19.2. The Balaban J connectivity index is -0.0000000931. The molecule has 0 aromatic heterocycles. The van der Waals surface area contributed by atoms with Crippen LogP contribution in [-0.2, 0) is 18.9 Å². The van der Waals surface area contributed by atoms with Gasteiger partial charge in [0.1, 0.15) is 38.5 Å². The molecule has 4 N–H and O–H groups in total. The lowest BCUT2D eigenvalue weighted by Gasteiger charge is -2.37. The Morgan fingerprint density at radius 2 is 0.701 bits per heavy atom. The van der Waals surface area contributed by atoms with Crippen molar-refractivity contribution in [2.45, 2.75) is 149 Å². The third kappa shape index (κ3) is 66.0. The molecule has 5 fully saturated rings. The van der Waals surface area contributed by atoms with Crippen LogP contribution in [0.25, 0.3) is 4.85 Å². The van der Waals surface area contributed by atoms with Gasteiger partial charge in [0, 0.05) is 71.0 Å². The molecule has 0 bridgehead atoms. The topological polar surface area (TPSA) is 148 Å². The van der Waals surface area contributed by atoms with E-state index >= 15 is 0 Å². The van der Waals surface area contributed by atoms with Crippen molar-refractivity contribution in [2.24, 2.45) is 15.9 Å². The Hall–Kier alpha value is -9.34. The molecule has 0 saturated carbocycles. The van der Waals surface area contributed by atoms with E-state index in [1.165, 1.54) is 11.5 Å². The molecule has 0 spiro atoms. The molecule has 1 unspecified atom stereocenters. The Morgan fingerprint density at radius 3 is 0.891 bits per heavy atom. The number of hydrogen-bond donors (Lipinski definition) is 0. The van der Waals surface area contributed by atoms with Crippen molar-refractivity contribution in [3.63, 3.8) is 0 Å². The van der Waals surface area contributed by atoms with Crippen LogP contribution < -0.4 is 9.41 Å². The third-order valence-corrected chi connectivity index (χ3v) is 13.5. The number of rotatable bonds is 8. The number of allylic oxidation sites excluding steroid dienone is 8. The van der Waals surface area contributed by atoms with Crippen LogP contribution in [0.4, 0.5) is 224 Å². The lowest BCUT2D eigenvalue weighted by Crippen LogP contribution is -3.00. The Bertz CT molecular complexity index is 3620. The van der Waals surface area contributed by atoms with Crippen molar-refractivity contribution < 1.29 is 272 Å². The van der Waals surface area contributed by atoms with Gasteiger partial charge in [-0.2, -0.15) is 229 Å². The summed E-state index contributed by atoms with van der Waals surface area (Å²) < 4.78 is 631. The smallest absolute Gasteiger partial charge is 0.430 e. The van der Waals surface area contributed by atoms with Gasteiger partial charge in [0.2, 0.25) is 29.0 Å². The van der Waals surface area contributed by atoms with Crippen LogP contribution in [0.2, 0.25) is 0 Å². The predicted octanol–water partition coefficient (Wildman–Crippen LogP) is 17.6. The number of nitrogens with zero attached hydrogens (tertiary/aromatic N) is 9. The number of halogens is 53. The van der Waals surface area contributed by atoms with E-state index in [4.69, 9.17) is 31.8 Å². The first-order valence-corrected chi connectivity index (χ1v) is 32.2. The second kappa shape index (κ2) is 66.3. The molecule has 0 aromatic carbocycles. The highest BCUT2D eigenvalue weighted by atomic mass is 19.5. The maximum atomic E-state index is 13.3. The first kappa shape index (κ1) is 161. The van der Waals surface area contributed by atoms with E-state index in [-0.39, 0.29) is 166 Å². The van der Waals surface area contributed by atoms with E-state index in [2.05, 4.69) is 53.6 Å². The van der Waals surface area contributed by atoms with Crippen LogP contribution >= 0.6 is 0 Å². The quantitative estimate of drug-likeness (QED) is 0.0444. The van der Waals surface area contributed by atoms with Gasteiger partial charge in [-0.3, -0.25) is 4.99 Å². The van der Waals surface area contributed by atoms with Gasteiger partial charge < -0.3 is 94.6 Å². The summed E-state index contributed by atoms with van der Waals surface area (Å²) in [5.74, 6) is -8.91. The van der Waals surface area contributed by atoms with E-state index in [0.717, 1.165) is 18.0 Å². The van der Waals surface area contributed by atoms with Crippen molar-refractivity contribution in [3.05, 3.63) is 120 Å². The van der Waals surface area contributed by atoms with Gasteiger partial charge in [-0.25, -0.2) is 9.89 Å². The van der Waals surface area contributed by atoms with E-state index < -0.39 is 179 Å². The van der Waals surface area contributed by atoms with Gasteiger partial charge in [-0.1, -0.05) is 22.3 Å². The molecule has 5 saturated heterocycles. The maximum Gasteiger partial charge on any atom is 0.430 e. The molecule has 68 heteroatoms. The van der Waals surface area contributed by atoms with Gasteiger partial charge in [0.05, 0.1) is 45.2 Å². The molecule has 1 atom stereocenters. The number of terminal acetylenes is 2. The molecular formula is C69H85F53N9O6-3. The van der Waals surface area contributed by atoms with Crippen LogP contribution in [0.1, 0.15) is 50.0 Å². The van der Waals surface area contributed by atoms with Crippen LogP contribution in [0.3, 0.4) is 0 Å². The molecule has 5 heterocycles. The normalized spacial score (nSPS) is 15.1. The molecule has 0 radical (unpaired) electrons. The highest BCUT2D eigenvalue weighted by molar-refractivity contribution is 5.55. The van der Waals surface area contributed by atoms with E-state index in [9.17, 15) is 224 Å². The fourth-order valence-electron chi connectivity index (χ4n) is 7.30. The van der Waals surface area contributed by atoms with Gasteiger partial charge in [0.15, 0.2) is 41.3 Å². The third-order valence-electron chi connectivity index (χ3n) is 13.5.